The van der Waals surface area contributed by atoms with E-state index in [1.807, 2.05) is 52.1 Å². The van der Waals surface area contributed by atoms with Gasteiger partial charge in [-0.2, -0.15) is 13.2 Å². The van der Waals surface area contributed by atoms with Gasteiger partial charge in [-0.1, -0.05) is 61.4 Å². The monoisotopic (exact) mass is 1190 g/mol. The zero-order chi connectivity index (χ0) is 57.7. The molecule has 23 heteroatoms. The Morgan fingerprint density at radius 3 is 2.17 bits per heavy atom. The number of nitrogens with one attached hydrogen (secondary N) is 3. The topological polar surface area (TPSA) is 181 Å². The van der Waals surface area contributed by atoms with Gasteiger partial charge in [-0.3, -0.25) is 34.5 Å². The molecule has 0 bridgehead atoms. The highest BCUT2D eigenvalue weighted by Crippen LogP contribution is 2.43. The van der Waals surface area contributed by atoms with Gasteiger partial charge in [0, 0.05) is 118 Å². The van der Waals surface area contributed by atoms with Crippen LogP contribution in [-0.2, 0) is 36.0 Å². The minimum absolute atomic E-state index is 0.0339. The van der Waals surface area contributed by atoms with Crippen LogP contribution in [0.1, 0.15) is 85.5 Å². The fraction of sp³-hybridized carbons (Fsp3) is 0.414. The number of thioether (sulfide) groups is 1. The molecule has 3 fully saturated rings. The Bertz CT molecular complexity index is 3360. The molecule has 4 heterocycles. The van der Waals surface area contributed by atoms with Crippen LogP contribution < -0.4 is 20.3 Å². The number of allylic oxidation sites excluding steroid dienone is 1. The van der Waals surface area contributed by atoms with E-state index in [0.717, 1.165) is 61.6 Å². The first-order valence-electron chi connectivity index (χ1n) is 26.9. The number of piperazine rings is 2. The molecule has 3 saturated heterocycles. The SMILES string of the molecule is CC1(C)CCC(c2ccc(Cl)cc2)=C(CN2CCN(c3ccc(C(=O)NS(=O)(=O)c4ccc(N[C@H](CCN5CCN(Cc6ncc(C7CCC(=O)NC7=O)cc6F)CC5)CSc5ccccc5)c(S(=O)(=O)C(F)(F)F)c4)cc3)CC2)C1. The molecule has 3 aliphatic heterocycles. The molecule has 3 amide bonds. The van der Waals surface area contributed by atoms with E-state index in [2.05, 4.69) is 56.3 Å². The largest absolute Gasteiger partial charge is 0.501 e. The lowest BCUT2D eigenvalue weighted by Crippen LogP contribution is -2.47. The highest BCUT2D eigenvalue weighted by molar-refractivity contribution is 7.99. The molecule has 0 saturated carbocycles. The lowest BCUT2D eigenvalue weighted by molar-refractivity contribution is -0.134. The molecule has 1 unspecified atom stereocenters. The third-order valence-electron chi connectivity index (χ3n) is 15.5. The van der Waals surface area contributed by atoms with Crippen molar-refractivity contribution in [2.24, 2.45) is 5.41 Å². The summed E-state index contributed by atoms with van der Waals surface area (Å²) >= 11 is 7.60. The molecular formula is C58H65ClF4N8O7S3. The van der Waals surface area contributed by atoms with Crippen molar-refractivity contribution < 1.29 is 48.8 Å². The van der Waals surface area contributed by atoms with E-state index in [0.29, 0.717) is 68.9 Å². The van der Waals surface area contributed by atoms with Gasteiger partial charge in [-0.15, -0.1) is 11.8 Å². The lowest BCUT2D eigenvalue weighted by Gasteiger charge is -2.39. The number of halogens is 5. The Morgan fingerprint density at radius 2 is 1.51 bits per heavy atom. The van der Waals surface area contributed by atoms with E-state index in [4.69, 9.17) is 11.6 Å². The van der Waals surface area contributed by atoms with E-state index < -0.39 is 70.4 Å². The molecule has 0 spiro atoms. The Balaban J connectivity index is 0.830. The van der Waals surface area contributed by atoms with Crippen molar-refractivity contribution in [3.05, 3.63) is 148 Å². The second kappa shape index (κ2) is 25.3. The maximum atomic E-state index is 15.3. The van der Waals surface area contributed by atoms with Crippen molar-refractivity contribution >= 4 is 77.9 Å². The van der Waals surface area contributed by atoms with Crippen LogP contribution in [0.4, 0.5) is 28.9 Å². The van der Waals surface area contributed by atoms with Crippen LogP contribution in [-0.4, -0.2) is 137 Å². The fourth-order valence-corrected chi connectivity index (χ4v) is 14.0. The Hall–Kier alpha value is -5.88. The number of pyridine rings is 1. The summed E-state index contributed by atoms with van der Waals surface area (Å²) in [5.74, 6) is -2.86. The van der Waals surface area contributed by atoms with E-state index in [1.165, 1.54) is 52.9 Å². The first kappa shape index (κ1) is 59.7. The predicted octanol–water partition coefficient (Wildman–Crippen LogP) is 9.37. The second-order valence-corrected chi connectivity index (χ2v) is 27.0. The molecule has 9 rings (SSSR count). The molecule has 5 aromatic rings. The van der Waals surface area contributed by atoms with Crippen LogP contribution in [0.15, 0.2) is 130 Å². The third-order valence-corrected chi connectivity index (χ3v) is 19.8. The number of alkyl halides is 3. The number of nitrogens with zero attached hydrogens (tertiary/aromatic N) is 5. The summed E-state index contributed by atoms with van der Waals surface area (Å²) in [5, 5.41) is 5.98. The Labute approximate surface area is 479 Å². The molecule has 15 nitrogen and oxygen atoms in total. The number of hydrogen-bond acceptors (Lipinski definition) is 14. The number of aromatic nitrogens is 1. The molecular weight excluding hydrogens is 1130 g/mol. The van der Waals surface area contributed by atoms with E-state index in [1.54, 1.807) is 12.1 Å². The number of imide groups is 1. The van der Waals surface area contributed by atoms with Gasteiger partial charge in [0.25, 0.3) is 25.8 Å². The molecule has 81 heavy (non-hydrogen) atoms. The highest BCUT2D eigenvalue weighted by Gasteiger charge is 2.48. The summed E-state index contributed by atoms with van der Waals surface area (Å²) in [4.78, 5) is 49.2. The van der Waals surface area contributed by atoms with Crippen molar-refractivity contribution in [3.63, 3.8) is 0 Å². The van der Waals surface area contributed by atoms with Crippen LogP contribution in [0.5, 0.6) is 0 Å². The zero-order valence-corrected chi connectivity index (χ0v) is 48.2. The number of sulfonamides is 1. The second-order valence-electron chi connectivity index (χ2n) is 21.9. The third kappa shape index (κ3) is 15.0. The average Bonchev–Trinajstić information content (AvgIpc) is 3.43. The lowest BCUT2D eigenvalue weighted by atomic mass is 9.73. The smallest absolute Gasteiger partial charge is 0.380 e. The van der Waals surface area contributed by atoms with Crippen LogP contribution in [0.3, 0.4) is 0 Å². The molecule has 432 valence electrons. The van der Waals surface area contributed by atoms with E-state index in [9.17, 15) is 44.4 Å². The van der Waals surface area contributed by atoms with Gasteiger partial charge in [0.15, 0.2) is 0 Å². The number of sulfone groups is 1. The van der Waals surface area contributed by atoms with Crippen molar-refractivity contribution in [1.29, 1.82) is 0 Å². The average molecular weight is 1190 g/mol. The molecule has 1 aliphatic carbocycles. The number of hydrogen-bond donors (Lipinski definition) is 3. The highest BCUT2D eigenvalue weighted by atomic mass is 35.5. The van der Waals surface area contributed by atoms with Crippen LogP contribution in [0, 0.1) is 11.2 Å². The van der Waals surface area contributed by atoms with Gasteiger partial charge in [0.2, 0.25) is 11.8 Å². The van der Waals surface area contributed by atoms with E-state index >= 15 is 4.39 Å². The minimum atomic E-state index is -6.15. The molecule has 0 radical (unpaired) electrons. The van der Waals surface area contributed by atoms with Crippen LogP contribution >= 0.6 is 23.4 Å². The summed E-state index contributed by atoms with van der Waals surface area (Å²) in [5.41, 5.74) is -0.677. The van der Waals surface area contributed by atoms with Crippen LogP contribution in [0.25, 0.3) is 5.57 Å². The van der Waals surface area contributed by atoms with Gasteiger partial charge in [0.1, 0.15) is 10.7 Å². The van der Waals surface area contributed by atoms with Crippen molar-refractivity contribution in [1.82, 2.24) is 29.7 Å². The summed E-state index contributed by atoms with van der Waals surface area (Å²) < 4.78 is 115. The summed E-state index contributed by atoms with van der Waals surface area (Å²) in [6.07, 6.45) is 5.32. The summed E-state index contributed by atoms with van der Waals surface area (Å²) in [6, 6.07) is 26.6. The summed E-state index contributed by atoms with van der Waals surface area (Å²) in [6.45, 7) is 11.3. The molecule has 4 aliphatic rings. The molecule has 2 atom stereocenters. The first-order chi connectivity index (χ1) is 38.5. The number of rotatable bonds is 19. The Morgan fingerprint density at radius 1 is 0.840 bits per heavy atom. The number of amides is 3. The van der Waals surface area contributed by atoms with Gasteiger partial charge in [0.05, 0.1) is 22.2 Å². The van der Waals surface area contributed by atoms with E-state index in [-0.39, 0.29) is 47.7 Å². The Kier molecular flexibility index (Phi) is 18.7. The summed E-state index contributed by atoms with van der Waals surface area (Å²) in [7, 11) is -11.1. The maximum Gasteiger partial charge on any atom is 0.501 e. The quantitative estimate of drug-likeness (QED) is 0.0404. The number of carbonyl (C=O) groups excluding carboxylic acids is 3. The van der Waals surface area contributed by atoms with Gasteiger partial charge in [-0.05, 0) is 127 Å². The predicted molar refractivity (Wildman–Crippen MR) is 306 cm³/mol. The first-order valence-corrected chi connectivity index (χ1v) is 31.3. The minimum Gasteiger partial charge on any atom is -0.380 e. The van der Waals surface area contributed by atoms with Crippen molar-refractivity contribution in [2.45, 2.75) is 91.1 Å². The molecule has 1 aromatic heterocycles. The van der Waals surface area contributed by atoms with Gasteiger partial charge < -0.3 is 15.1 Å². The number of piperidine rings is 1. The van der Waals surface area contributed by atoms with Gasteiger partial charge >= 0.3 is 5.51 Å². The zero-order valence-electron chi connectivity index (χ0n) is 45.0. The normalized spacial score (nSPS) is 19.3. The fourth-order valence-electron chi connectivity index (χ4n) is 10.8. The van der Waals surface area contributed by atoms with Crippen molar-refractivity contribution in [2.75, 3.05) is 81.4 Å². The molecule has 3 N–H and O–H groups in total. The number of carbonyl (C=O) groups is 3. The standard InChI is InChI=1S/C58H65ClF4N8O7S3/c1-57(2)22-20-48(39-8-12-43(59)13-9-39)42(34-57)36-69-28-30-71(31-29-69)45-14-10-40(11-15-45)55(73)67-81(77,78)47-16-18-51(53(33-47)80(75,76)58(61,62)63)65-44(38-79-46-6-4-3-5-7-46)21-23-68-24-26-70(27-25-68)37-52-50(60)32-41(35-64-52)49-17-19-54(72)66-56(49)74/h3-16,18,32-33,35,44,49,65H,17,19-31,34,36-38H2,1-2H3,(H,67,73)(H,66,72,74)/t44-,49?/m1/s1. The number of benzene rings is 4. The number of anilines is 2. The van der Waals surface area contributed by atoms with Crippen LogP contribution in [0.2, 0.25) is 5.02 Å². The maximum absolute atomic E-state index is 15.3. The molecule has 4 aromatic carbocycles. The van der Waals surface area contributed by atoms with Crippen molar-refractivity contribution in [3.8, 4) is 0 Å². The van der Waals surface area contributed by atoms with Gasteiger partial charge in [-0.25, -0.2) is 25.9 Å².